The molecule has 0 fully saturated rings. The van der Waals surface area contributed by atoms with Crippen molar-refractivity contribution in [3.63, 3.8) is 0 Å². The van der Waals surface area contributed by atoms with Crippen molar-refractivity contribution in [2.24, 2.45) is 5.41 Å². The maximum Gasteiger partial charge on any atom is 0.0894 e. The van der Waals surface area contributed by atoms with Gasteiger partial charge in [0.2, 0.25) is 0 Å². The number of anilines is 1. The monoisotopic (exact) mass is 269 g/mol. The maximum absolute atomic E-state index is 8.70. The molecule has 1 aromatic heterocycles. The fourth-order valence-corrected chi connectivity index (χ4v) is 1.98. The minimum atomic E-state index is 0.0746. The van der Waals surface area contributed by atoms with E-state index in [9.17, 15) is 0 Å². The van der Waals surface area contributed by atoms with Crippen LogP contribution < -0.4 is 5.32 Å². The fraction of sp³-hybridized carbons (Fsp3) is 0.400. The molecule has 0 amide bonds. The van der Waals surface area contributed by atoms with E-state index in [0.29, 0.717) is 6.42 Å². The highest BCUT2D eigenvalue weighted by Gasteiger charge is 2.17. The molecular formula is C15H19N5. The number of nitriles is 1. The van der Waals surface area contributed by atoms with E-state index < -0.39 is 0 Å². The van der Waals surface area contributed by atoms with E-state index in [-0.39, 0.29) is 5.41 Å². The molecule has 0 saturated carbocycles. The largest absolute Gasteiger partial charge is 0.383 e. The standard InChI is InChI=1S/C15H19N5/c1-15(2,8-5-9-16)12-17-13-6-3-4-7-14(13)20-11-10-18-19-20/h3-4,6-7,10-11,17H,5,8,12H2,1-2H3. The van der Waals surface area contributed by atoms with Gasteiger partial charge in [0.1, 0.15) is 0 Å². The highest BCUT2D eigenvalue weighted by Crippen LogP contribution is 2.25. The normalized spacial score (nSPS) is 11.1. The SMILES string of the molecule is CC(C)(CCC#N)CNc1ccccc1-n1ccnn1. The van der Waals surface area contributed by atoms with E-state index in [1.54, 1.807) is 10.9 Å². The van der Waals surface area contributed by atoms with Crippen LogP contribution in [0.2, 0.25) is 0 Å². The summed E-state index contributed by atoms with van der Waals surface area (Å²) in [5.74, 6) is 0. The van der Waals surface area contributed by atoms with Crippen LogP contribution in [0.3, 0.4) is 0 Å². The molecule has 20 heavy (non-hydrogen) atoms. The topological polar surface area (TPSA) is 66.5 Å². The van der Waals surface area contributed by atoms with Crippen molar-refractivity contribution in [2.45, 2.75) is 26.7 Å². The Labute approximate surface area is 119 Å². The number of hydrogen-bond donors (Lipinski definition) is 1. The molecule has 0 unspecified atom stereocenters. The van der Waals surface area contributed by atoms with Gasteiger partial charge in [0, 0.05) is 13.0 Å². The van der Waals surface area contributed by atoms with E-state index in [1.807, 2.05) is 30.5 Å². The smallest absolute Gasteiger partial charge is 0.0894 e. The van der Waals surface area contributed by atoms with Crippen molar-refractivity contribution in [3.05, 3.63) is 36.7 Å². The molecule has 0 bridgehead atoms. The van der Waals surface area contributed by atoms with Crippen LogP contribution in [0.5, 0.6) is 0 Å². The number of aromatic nitrogens is 3. The molecule has 2 aromatic rings. The molecule has 5 nitrogen and oxygen atoms in total. The summed E-state index contributed by atoms with van der Waals surface area (Å²) in [6.45, 7) is 5.13. The van der Waals surface area contributed by atoms with Gasteiger partial charge in [0.15, 0.2) is 0 Å². The minimum absolute atomic E-state index is 0.0746. The number of rotatable bonds is 6. The number of hydrogen-bond acceptors (Lipinski definition) is 4. The molecule has 0 aliphatic rings. The van der Waals surface area contributed by atoms with Crippen LogP contribution in [0, 0.1) is 16.7 Å². The van der Waals surface area contributed by atoms with Crippen molar-refractivity contribution in [2.75, 3.05) is 11.9 Å². The Morgan fingerprint density at radius 1 is 1.35 bits per heavy atom. The first-order valence-corrected chi connectivity index (χ1v) is 6.69. The summed E-state index contributed by atoms with van der Waals surface area (Å²) < 4.78 is 1.74. The van der Waals surface area contributed by atoms with Gasteiger partial charge in [-0.1, -0.05) is 31.2 Å². The summed E-state index contributed by atoms with van der Waals surface area (Å²) in [6.07, 6.45) is 4.94. The van der Waals surface area contributed by atoms with E-state index in [4.69, 9.17) is 5.26 Å². The third kappa shape index (κ3) is 3.58. The molecule has 0 saturated heterocycles. The summed E-state index contributed by atoms with van der Waals surface area (Å²) in [5.41, 5.74) is 2.06. The number of nitrogens with zero attached hydrogens (tertiary/aromatic N) is 4. The zero-order valence-electron chi connectivity index (χ0n) is 11.9. The van der Waals surface area contributed by atoms with E-state index >= 15 is 0 Å². The molecule has 0 spiro atoms. The Hall–Kier alpha value is -2.35. The predicted octanol–water partition coefficient (Wildman–Crippen LogP) is 3.01. The number of nitrogens with one attached hydrogen (secondary N) is 1. The lowest BCUT2D eigenvalue weighted by Gasteiger charge is -2.25. The van der Waals surface area contributed by atoms with Crippen molar-refractivity contribution >= 4 is 5.69 Å². The average Bonchev–Trinajstić information content (AvgIpc) is 2.97. The van der Waals surface area contributed by atoms with Gasteiger partial charge in [-0.2, -0.15) is 5.26 Å². The van der Waals surface area contributed by atoms with Crippen LogP contribution in [-0.2, 0) is 0 Å². The molecule has 0 aliphatic heterocycles. The van der Waals surface area contributed by atoms with Gasteiger partial charge in [-0.3, -0.25) is 0 Å². The second-order valence-electron chi connectivity index (χ2n) is 5.54. The molecule has 1 heterocycles. The van der Waals surface area contributed by atoms with Crippen molar-refractivity contribution < 1.29 is 0 Å². The Kier molecular flexibility index (Phi) is 4.36. The van der Waals surface area contributed by atoms with E-state index in [0.717, 1.165) is 24.3 Å². The lowest BCUT2D eigenvalue weighted by molar-refractivity contribution is 0.364. The van der Waals surface area contributed by atoms with Gasteiger partial charge in [-0.05, 0) is 24.0 Å². The third-order valence-corrected chi connectivity index (χ3v) is 3.24. The van der Waals surface area contributed by atoms with Crippen molar-refractivity contribution in [1.29, 1.82) is 5.26 Å². The molecule has 0 radical (unpaired) electrons. The van der Waals surface area contributed by atoms with Gasteiger partial charge in [-0.25, -0.2) is 4.68 Å². The Morgan fingerprint density at radius 2 is 2.15 bits per heavy atom. The first-order valence-electron chi connectivity index (χ1n) is 6.69. The molecule has 0 aliphatic carbocycles. The zero-order chi connectivity index (χ0) is 14.4. The Balaban J connectivity index is 2.09. The van der Waals surface area contributed by atoms with Crippen molar-refractivity contribution in [1.82, 2.24) is 15.0 Å². The van der Waals surface area contributed by atoms with Gasteiger partial charge in [-0.15, -0.1) is 5.10 Å². The lowest BCUT2D eigenvalue weighted by Crippen LogP contribution is -2.23. The van der Waals surface area contributed by atoms with Gasteiger partial charge >= 0.3 is 0 Å². The van der Waals surface area contributed by atoms with Crippen LogP contribution in [0.25, 0.3) is 5.69 Å². The fourth-order valence-electron chi connectivity index (χ4n) is 1.98. The van der Waals surface area contributed by atoms with Crippen LogP contribution in [0.15, 0.2) is 36.7 Å². The molecule has 5 heteroatoms. The predicted molar refractivity (Wildman–Crippen MR) is 78.5 cm³/mol. The number of benzene rings is 1. The quantitative estimate of drug-likeness (QED) is 0.875. The molecule has 104 valence electrons. The lowest BCUT2D eigenvalue weighted by atomic mass is 9.88. The summed E-state index contributed by atoms with van der Waals surface area (Å²) in [7, 11) is 0. The third-order valence-electron chi connectivity index (χ3n) is 3.24. The van der Waals surface area contributed by atoms with Crippen molar-refractivity contribution in [3.8, 4) is 11.8 Å². The van der Waals surface area contributed by atoms with Crippen LogP contribution in [0.4, 0.5) is 5.69 Å². The van der Waals surface area contributed by atoms with E-state index in [1.165, 1.54) is 0 Å². The average molecular weight is 269 g/mol. The summed E-state index contributed by atoms with van der Waals surface area (Å²) >= 11 is 0. The highest BCUT2D eigenvalue weighted by atomic mass is 15.4. The summed E-state index contributed by atoms with van der Waals surface area (Å²) in [4.78, 5) is 0. The van der Waals surface area contributed by atoms with Gasteiger partial charge < -0.3 is 5.32 Å². The molecular weight excluding hydrogens is 250 g/mol. The van der Waals surface area contributed by atoms with E-state index in [2.05, 4.69) is 35.5 Å². The summed E-state index contributed by atoms with van der Waals surface area (Å²) in [6, 6.07) is 10.2. The maximum atomic E-state index is 8.70. The first-order chi connectivity index (χ1) is 9.62. The van der Waals surface area contributed by atoms with Crippen LogP contribution in [0.1, 0.15) is 26.7 Å². The second kappa shape index (κ2) is 6.20. The molecule has 1 aromatic carbocycles. The minimum Gasteiger partial charge on any atom is -0.383 e. The molecule has 1 N–H and O–H groups in total. The summed E-state index contributed by atoms with van der Waals surface area (Å²) in [5, 5.41) is 20.0. The molecule has 0 atom stereocenters. The second-order valence-corrected chi connectivity index (χ2v) is 5.54. The highest BCUT2D eigenvalue weighted by molar-refractivity contribution is 5.60. The van der Waals surface area contributed by atoms with Crippen LogP contribution >= 0.6 is 0 Å². The van der Waals surface area contributed by atoms with Gasteiger partial charge in [0.05, 0.1) is 29.8 Å². The first kappa shape index (κ1) is 14.1. The van der Waals surface area contributed by atoms with Gasteiger partial charge in [0.25, 0.3) is 0 Å². The van der Waals surface area contributed by atoms with Crippen LogP contribution in [-0.4, -0.2) is 21.5 Å². The molecule has 2 rings (SSSR count). The Morgan fingerprint density at radius 3 is 2.85 bits per heavy atom. The number of para-hydroxylation sites is 2. The Bertz CT molecular complexity index is 581. The zero-order valence-corrected chi connectivity index (χ0v) is 11.9.